The van der Waals surface area contributed by atoms with Gasteiger partial charge in [-0.1, -0.05) is 38.5 Å². The second-order valence-corrected chi connectivity index (χ2v) is 6.35. The maximum absolute atomic E-state index is 3.72. The van der Waals surface area contributed by atoms with Crippen molar-refractivity contribution in [1.29, 1.82) is 0 Å². The van der Waals surface area contributed by atoms with Gasteiger partial charge in [0, 0.05) is 13.1 Å². The van der Waals surface area contributed by atoms with E-state index in [1.807, 2.05) is 0 Å². The Balaban J connectivity index is 1.55. The molecule has 100 valence electrons. The lowest BCUT2D eigenvalue weighted by molar-refractivity contribution is 0.129. The molecule has 0 radical (unpaired) electrons. The SMILES string of the molecule is CNCC1(CNCCC2CCCCC2)CCC1. The fraction of sp³-hybridized carbons (Fsp3) is 1.00. The van der Waals surface area contributed by atoms with Gasteiger partial charge in [0.05, 0.1) is 0 Å². The average molecular weight is 238 g/mol. The summed E-state index contributed by atoms with van der Waals surface area (Å²) in [6, 6.07) is 0. The molecule has 2 fully saturated rings. The molecule has 0 aliphatic heterocycles. The van der Waals surface area contributed by atoms with Gasteiger partial charge >= 0.3 is 0 Å². The van der Waals surface area contributed by atoms with Crippen LogP contribution in [0.25, 0.3) is 0 Å². The Kier molecular flexibility index (Phi) is 5.30. The second kappa shape index (κ2) is 6.75. The van der Waals surface area contributed by atoms with Gasteiger partial charge < -0.3 is 10.6 Å². The molecule has 0 saturated heterocycles. The first-order valence-corrected chi connectivity index (χ1v) is 7.70. The van der Waals surface area contributed by atoms with Gasteiger partial charge in [-0.25, -0.2) is 0 Å². The van der Waals surface area contributed by atoms with E-state index in [9.17, 15) is 0 Å². The zero-order chi connectivity index (χ0) is 12.0. The van der Waals surface area contributed by atoms with Crippen molar-refractivity contribution < 1.29 is 0 Å². The minimum atomic E-state index is 0.599. The van der Waals surface area contributed by atoms with Crippen LogP contribution >= 0.6 is 0 Å². The average Bonchev–Trinajstić information content (AvgIpc) is 2.32. The fourth-order valence-corrected chi connectivity index (χ4v) is 3.60. The molecule has 0 heterocycles. The van der Waals surface area contributed by atoms with Crippen LogP contribution in [-0.2, 0) is 0 Å². The largest absolute Gasteiger partial charge is 0.319 e. The molecule has 2 saturated carbocycles. The molecule has 2 N–H and O–H groups in total. The van der Waals surface area contributed by atoms with Gasteiger partial charge in [0.25, 0.3) is 0 Å². The number of nitrogens with one attached hydrogen (secondary N) is 2. The predicted octanol–water partition coefficient (Wildman–Crippen LogP) is 2.94. The summed E-state index contributed by atoms with van der Waals surface area (Å²) in [5.74, 6) is 1.03. The van der Waals surface area contributed by atoms with Crippen LogP contribution in [0.2, 0.25) is 0 Å². The number of rotatable bonds is 7. The zero-order valence-electron chi connectivity index (χ0n) is 11.6. The molecule has 0 unspecified atom stereocenters. The number of hydrogen-bond acceptors (Lipinski definition) is 2. The van der Waals surface area contributed by atoms with Crippen molar-refractivity contribution in [3.63, 3.8) is 0 Å². The summed E-state index contributed by atoms with van der Waals surface area (Å²) in [6.45, 7) is 3.68. The van der Waals surface area contributed by atoms with Gasteiger partial charge in [-0.2, -0.15) is 0 Å². The molecule has 0 aromatic carbocycles. The van der Waals surface area contributed by atoms with Gasteiger partial charge in [0.1, 0.15) is 0 Å². The third kappa shape index (κ3) is 3.96. The standard InChI is InChI=1S/C15H30N2/c1-16-12-15(9-5-10-15)13-17-11-8-14-6-3-2-4-7-14/h14,16-17H,2-13H2,1H3. The summed E-state index contributed by atoms with van der Waals surface area (Å²) >= 11 is 0. The topological polar surface area (TPSA) is 24.1 Å². The Morgan fingerprint density at radius 2 is 1.76 bits per heavy atom. The van der Waals surface area contributed by atoms with Gasteiger partial charge in [0.2, 0.25) is 0 Å². The van der Waals surface area contributed by atoms with Crippen molar-refractivity contribution in [1.82, 2.24) is 10.6 Å². The molecule has 2 rings (SSSR count). The first kappa shape index (κ1) is 13.4. The van der Waals surface area contributed by atoms with Gasteiger partial charge in [-0.05, 0) is 44.2 Å². The molecule has 0 aromatic rings. The Bertz CT molecular complexity index is 205. The Labute approximate surface area is 107 Å². The molecular weight excluding hydrogens is 208 g/mol. The fourth-order valence-electron chi connectivity index (χ4n) is 3.60. The molecule has 0 atom stereocenters. The lowest BCUT2D eigenvalue weighted by Crippen LogP contribution is -2.46. The highest BCUT2D eigenvalue weighted by Crippen LogP contribution is 2.39. The zero-order valence-corrected chi connectivity index (χ0v) is 11.6. The highest BCUT2D eigenvalue weighted by molar-refractivity contribution is 4.91. The van der Waals surface area contributed by atoms with E-state index < -0.39 is 0 Å². The minimum Gasteiger partial charge on any atom is -0.319 e. The molecule has 0 aromatic heterocycles. The Hall–Kier alpha value is -0.0800. The highest BCUT2D eigenvalue weighted by Gasteiger charge is 2.35. The number of hydrogen-bond donors (Lipinski definition) is 2. The van der Waals surface area contributed by atoms with E-state index in [-0.39, 0.29) is 0 Å². The first-order valence-electron chi connectivity index (χ1n) is 7.70. The van der Waals surface area contributed by atoms with Gasteiger partial charge in [-0.15, -0.1) is 0 Å². The normalized spacial score (nSPS) is 24.5. The van der Waals surface area contributed by atoms with Crippen LogP contribution < -0.4 is 10.6 Å². The Morgan fingerprint density at radius 1 is 1.00 bits per heavy atom. The van der Waals surface area contributed by atoms with E-state index in [0.717, 1.165) is 5.92 Å². The lowest BCUT2D eigenvalue weighted by atomic mass is 9.68. The molecule has 2 nitrogen and oxygen atoms in total. The lowest BCUT2D eigenvalue weighted by Gasteiger charge is -2.42. The van der Waals surface area contributed by atoms with Crippen LogP contribution in [0.5, 0.6) is 0 Å². The molecule has 0 amide bonds. The smallest absolute Gasteiger partial charge is 0.00200 e. The van der Waals surface area contributed by atoms with Gasteiger partial charge in [0.15, 0.2) is 0 Å². The van der Waals surface area contributed by atoms with E-state index in [1.165, 1.54) is 77.4 Å². The predicted molar refractivity (Wildman–Crippen MR) is 74.3 cm³/mol. The van der Waals surface area contributed by atoms with E-state index in [1.54, 1.807) is 0 Å². The Morgan fingerprint density at radius 3 is 2.35 bits per heavy atom. The maximum atomic E-state index is 3.72. The molecule has 17 heavy (non-hydrogen) atoms. The van der Waals surface area contributed by atoms with Crippen LogP contribution in [0.4, 0.5) is 0 Å². The second-order valence-electron chi connectivity index (χ2n) is 6.35. The third-order valence-corrected chi connectivity index (χ3v) is 4.92. The van der Waals surface area contributed by atoms with E-state index in [0.29, 0.717) is 5.41 Å². The molecule has 0 bridgehead atoms. The molecule has 0 spiro atoms. The van der Waals surface area contributed by atoms with Crippen LogP contribution in [0.15, 0.2) is 0 Å². The monoisotopic (exact) mass is 238 g/mol. The molecule has 2 aliphatic rings. The summed E-state index contributed by atoms with van der Waals surface area (Å²) in [4.78, 5) is 0. The van der Waals surface area contributed by atoms with Crippen LogP contribution in [0.1, 0.15) is 57.8 Å². The van der Waals surface area contributed by atoms with Crippen molar-refractivity contribution in [2.75, 3.05) is 26.7 Å². The van der Waals surface area contributed by atoms with Crippen molar-refractivity contribution in [3.8, 4) is 0 Å². The van der Waals surface area contributed by atoms with E-state index in [4.69, 9.17) is 0 Å². The summed E-state index contributed by atoms with van der Waals surface area (Å²) in [5, 5.41) is 7.08. The molecule has 2 heteroatoms. The highest BCUT2D eigenvalue weighted by atomic mass is 14.9. The first-order chi connectivity index (χ1) is 8.35. The maximum Gasteiger partial charge on any atom is 0.00200 e. The minimum absolute atomic E-state index is 0.599. The summed E-state index contributed by atoms with van der Waals surface area (Å²) in [6.07, 6.45) is 13.1. The van der Waals surface area contributed by atoms with Crippen molar-refractivity contribution in [2.24, 2.45) is 11.3 Å². The quantitative estimate of drug-likeness (QED) is 0.666. The molecular formula is C15H30N2. The van der Waals surface area contributed by atoms with Gasteiger partial charge in [-0.3, -0.25) is 0 Å². The summed E-state index contributed by atoms with van der Waals surface area (Å²) in [7, 11) is 2.09. The van der Waals surface area contributed by atoms with Crippen molar-refractivity contribution in [3.05, 3.63) is 0 Å². The van der Waals surface area contributed by atoms with Crippen molar-refractivity contribution >= 4 is 0 Å². The van der Waals surface area contributed by atoms with Crippen molar-refractivity contribution in [2.45, 2.75) is 57.8 Å². The van der Waals surface area contributed by atoms with E-state index in [2.05, 4.69) is 17.7 Å². The van der Waals surface area contributed by atoms with E-state index >= 15 is 0 Å². The summed E-state index contributed by atoms with van der Waals surface area (Å²) in [5.41, 5.74) is 0.599. The summed E-state index contributed by atoms with van der Waals surface area (Å²) < 4.78 is 0. The van der Waals surface area contributed by atoms with Crippen LogP contribution in [-0.4, -0.2) is 26.7 Å². The van der Waals surface area contributed by atoms with Crippen LogP contribution in [0.3, 0.4) is 0 Å². The van der Waals surface area contributed by atoms with Crippen LogP contribution in [0, 0.1) is 11.3 Å². The molecule has 2 aliphatic carbocycles. The third-order valence-electron chi connectivity index (χ3n) is 4.92.